The van der Waals surface area contributed by atoms with Crippen LogP contribution in [-0.2, 0) is 19.8 Å². The molecule has 1 aliphatic heterocycles. The van der Waals surface area contributed by atoms with Crippen LogP contribution in [-0.4, -0.2) is 48.5 Å². The van der Waals surface area contributed by atoms with Gasteiger partial charge in [-0.3, -0.25) is 14.6 Å². The van der Waals surface area contributed by atoms with E-state index in [4.69, 9.17) is 4.84 Å². The lowest BCUT2D eigenvalue weighted by atomic mass is 10.1. The van der Waals surface area contributed by atoms with E-state index in [1.807, 2.05) is 0 Å². The maximum Gasteiger partial charge on any atom is 0.327 e. The first-order chi connectivity index (χ1) is 9.98. The Morgan fingerprint density at radius 3 is 2.86 bits per heavy atom. The van der Waals surface area contributed by atoms with Crippen molar-refractivity contribution in [1.29, 1.82) is 0 Å². The van der Waals surface area contributed by atoms with Gasteiger partial charge in [0, 0.05) is 12.7 Å². The van der Waals surface area contributed by atoms with Gasteiger partial charge in [-0.1, -0.05) is 0 Å². The zero-order valence-corrected chi connectivity index (χ0v) is 12.4. The van der Waals surface area contributed by atoms with Crippen molar-refractivity contribution < 1.29 is 23.2 Å². The Kier molecular flexibility index (Phi) is 4.76. The molecule has 1 aromatic heterocycles. The fourth-order valence-corrected chi connectivity index (χ4v) is 3.95. The van der Waals surface area contributed by atoms with Crippen LogP contribution in [0, 0.1) is 0 Å². The van der Waals surface area contributed by atoms with Crippen LogP contribution in [0.25, 0.3) is 0 Å². The number of aromatic nitrogens is 1. The van der Waals surface area contributed by atoms with Crippen LogP contribution in [0.1, 0.15) is 19.3 Å². The zero-order valence-electron chi connectivity index (χ0n) is 11.5. The van der Waals surface area contributed by atoms with Crippen LogP contribution >= 0.6 is 0 Å². The molecule has 21 heavy (non-hydrogen) atoms. The fourth-order valence-electron chi connectivity index (χ4n) is 2.32. The van der Waals surface area contributed by atoms with Gasteiger partial charge >= 0.3 is 16.2 Å². The number of pyridine rings is 1. The highest BCUT2D eigenvalue weighted by Gasteiger charge is 2.40. The van der Waals surface area contributed by atoms with E-state index in [1.165, 1.54) is 25.6 Å². The normalized spacial score (nSPS) is 20.1. The Labute approximate surface area is 123 Å². The quantitative estimate of drug-likeness (QED) is 0.800. The number of hydrogen-bond donors (Lipinski definition) is 1. The Morgan fingerprint density at radius 1 is 1.52 bits per heavy atom. The number of carboxylic acid groups (broad SMARTS) is 1. The van der Waals surface area contributed by atoms with Crippen molar-refractivity contribution in [3.63, 3.8) is 0 Å². The molecule has 1 fully saturated rings. The Morgan fingerprint density at radius 2 is 2.29 bits per heavy atom. The van der Waals surface area contributed by atoms with Crippen molar-refractivity contribution >= 4 is 21.9 Å². The summed E-state index contributed by atoms with van der Waals surface area (Å²) in [7, 11) is -2.89. The van der Waals surface area contributed by atoms with Crippen molar-refractivity contribution in [1.82, 2.24) is 9.29 Å². The van der Waals surface area contributed by atoms with Gasteiger partial charge in [-0.05, 0) is 31.4 Å². The molecule has 2 heterocycles. The highest BCUT2D eigenvalue weighted by Crippen LogP contribution is 2.26. The maximum atomic E-state index is 12.7. The van der Waals surface area contributed by atoms with Gasteiger partial charge in [-0.2, -0.15) is 12.7 Å². The molecule has 0 aromatic carbocycles. The minimum atomic E-state index is -4.10. The van der Waals surface area contributed by atoms with E-state index in [0.717, 1.165) is 4.31 Å². The molecule has 1 N–H and O–H groups in total. The van der Waals surface area contributed by atoms with Gasteiger partial charge in [0.1, 0.15) is 11.7 Å². The zero-order chi connectivity index (χ0) is 15.5. The van der Waals surface area contributed by atoms with Crippen LogP contribution in [0.5, 0.6) is 0 Å². The summed E-state index contributed by atoms with van der Waals surface area (Å²) in [5.41, 5.74) is 0.217. The summed E-state index contributed by atoms with van der Waals surface area (Å²) in [5, 5.41) is 9.22. The van der Waals surface area contributed by atoms with E-state index in [0.29, 0.717) is 23.7 Å². The predicted molar refractivity (Wildman–Crippen MR) is 74.6 cm³/mol. The number of piperidine rings is 1. The second kappa shape index (κ2) is 6.37. The summed E-state index contributed by atoms with van der Waals surface area (Å²) < 4.78 is 27.0. The average molecular weight is 315 g/mol. The van der Waals surface area contributed by atoms with E-state index < -0.39 is 22.2 Å². The Hall–Kier alpha value is -1.71. The van der Waals surface area contributed by atoms with E-state index in [2.05, 4.69) is 4.98 Å². The topological polar surface area (TPSA) is 100 Å². The molecule has 2 rings (SSSR count). The third-order valence-corrected chi connectivity index (χ3v) is 5.08. The van der Waals surface area contributed by atoms with Gasteiger partial charge in [0.2, 0.25) is 0 Å². The van der Waals surface area contributed by atoms with Crippen molar-refractivity contribution in [3.8, 4) is 0 Å². The molecule has 0 bridgehead atoms. The summed E-state index contributed by atoms with van der Waals surface area (Å²) >= 11 is 0. The molecule has 1 atom stereocenters. The molecule has 0 saturated carbocycles. The molecular formula is C12H17N3O5S. The molecule has 1 aromatic rings. The lowest BCUT2D eigenvalue weighted by molar-refractivity contribution is -0.142. The molecule has 8 nitrogen and oxygen atoms in total. The summed E-state index contributed by atoms with van der Waals surface area (Å²) in [6.45, 7) is 0.152. The monoisotopic (exact) mass is 315 g/mol. The number of carboxylic acids is 1. The van der Waals surface area contributed by atoms with Gasteiger partial charge in [0.15, 0.2) is 0 Å². The second-order valence-corrected chi connectivity index (χ2v) is 6.29. The van der Waals surface area contributed by atoms with Gasteiger partial charge in [-0.15, -0.1) is 4.47 Å². The molecule has 0 amide bonds. The number of rotatable bonds is 5. The van der Waals surface area contributed by atoms with Gasteiger partial charge in [-0.25, -0.2) is 0 Å². The molecule has 1 unspecified atom stereocenters. The molecule has 9 heteroatoms. The first-order valence-corrected chi connectivity index (χ1v) is 7.87. The highest BCUT2D eigenvalue weighted by molar-refractivity contribution is 7.90. The van der Waals surface area contributed by atoms with Crippen molar-refractivity contribution in [2.45, 2.75) is 25.3 Å². The largest absolute Gasteiger partial charge is 0.480 e. The fraction of sp³-hybridized carbons (Fsp3) is 0.500. The maximum absolute atomic E-state index is 12.7. The predicted octanol–water partition coefficient (Wildman–Crippen LogP) is 0.633. The van der Waals surface area contributed by atoms with Crippen LogP contribution in [0.3, 0.4) is 0 Å². The van der Waals surface area contributed by atoms with Crippen molar-refractivity contribution in [2.75, 3.05) is 18.1 Å². The van der Waals surface area contributed by atoms with Crippen LogP contribution in [0.2, 0.25) is 0 Å². The third-order valence-electron chi connectivity index (χ3n) is 3.27. The summed E-state index contributed by atoms with van der Waals surface area (Å²) in [6.07, 6.45) is 4.43. The van der Waals surface area contributed by atoms with Crippen molar-refractivity contribution in [3.05, 3.63) is 24.5 Å². The SMILES string of the molecule is CON(c1cccnc1)S(=O)(=O)N1CCCCC1C(=O)O. The molecule has 0 aliphatic carbocycles. The molecular weight excluding hydrogens is 298 g/mol. The van der Waals surface area contributed by atoms with E-state index in [9.17, 15) is 18.3 Å². The molecule has 0 radical (unpaired) electrons. The second-order valence-electron chi connectivity index (χ2n) is 4.59. The third kappa shape index (κ3) is 3.14. The number of aliphatic carboxylic acids is 1. The first-order valence-electron chi connectivity index (χ1n) is 6.47. The molecule has 116 valence electrons. The van der Waals surface area contributed by atoms with Crippen LogP contribution in [0.4, 0.5) is 5.69 Å². The summed E-state index contributed by atoms with van der Waals surface area (Å²) in [5.74, 6) is -1.15. The highest BCUT2D eigenvalue weighted by atomic mass is 32.2. The lowest BCUT2D eigenvalue weighted by Crippen LogP contribution is -2.53. The number of nitrogens with zero attached hydrogens (tertiary/aromatic N) is 3. The standard InChI is InChI=1S/C12H17N3O5S/c1-20-15(10-5-4-7-13-9-10)21(18,19)14-8-3-2-6-11(14)12(16)17/h4-5,7,9,11H,2-3,6,8H2,1H3,(H,16,17). The van der Waals surface area contributed by atoms with E-state index >= 15 is 0 Å². The minimum Gasteiger partial charge on any atom is -0.480 e. The Bertz CT molecular complexity index is 592. The summed E-state index contributed by atoms with van der Waals surface area (Å²) in [4.78, 5) is 20.1. The number of anilines is 1. The molecule has 1 saturated heterocycles. The Balaban J connectivity index is 2.36. The number of carbonyl (C=O) groups is 1. The van der Waals surface area contributed by atoms with Gasteiger partial charge < -0.3 is 5.11 Å². The summed E-state index contributed by atoms with van der Waals surface area (Å²) in [6, 6.07) is 2.02. The smallest absolute Gasteiger partial charge is 0.327 e. The van der Waals surface area contributed by atoms with Crippen molar-refractivity contribution in [2.24, 2.45) is 0 Å². The van der Waals surface area contributed by atoms with Gasteiger partial charge in [0.05, 0.1) is 13.3 Å². The molecule has 1 aliphatic rings. The van der Waals surface area contributed by atoms with Crippen LogP contribution in [0.15, 0.2) is 24.5 Å². The van der Waals surface area contributed by atoms with E-state index in [1.54, 1.807) is 6.07 Å². The van der Waals surface area contributed by atoms with Gasteiger partial charge in [0.25, 0.3) is 0 Å². The van der Waals surface area contributed by atoms with Crippen LogP contribution < -0.4 is 4.47 Å². The lowest BCUT2D eigenvalue weighted by Gasteiger charge is -2.35. The van der Waals surface area contributed by atoms with E-state index in [-0.39, 0.29) is 12.2 Å². The minimum absolute atomic E-state index is 0.152. The molecule has 0 spiro atoms. The first kappa shape index (κ1) is 15.7. The average Bonchev–Trinajstić information content (AvgIpc) is 2.49. The number of hydrogen-bond acceptors (Lipinski definition) is 5.